The van der Waals surface area contributed by atoms with Crippen LogP contribution in [0.4, 0.5) is 0 Å². The molecule has 0 aromatic heterocycles. The lowest BCUT2D eigenvalue weighted by molar-refractivity contribution is 0.0297. The van der Waals surface area contributed by atoms with Crippen LogP contribution in [0.5, 0.6) is 11.5 Å². The van der Waals surface area contributed by atoms with Gasteiger partial charge in [0.05, 0.1) is 0 Å². The van der Waals surface area contributed by atoms with Gasteiger partial charge in [-0.1, -0.05) is 146 Å². The van der Waals surface area contributed by atoms with Gasteiger partial charge in [0.15, 0.2) is 0 Å². The highest BCUT2D eigenvalue weighted by atomic mass is 16.5. The Morgan fingerprint density at radius 2 is 0.739 bits per heavy atom. The molecule has 0 atom stereocenters. The number of rotatable bonds is 14. The molecule has 0 fully saturated rings. The number of hydrogen-bond donors (Lipinski definition) is 1. The van der Waals surface area contributed by atoms with Crippen LogP contribution in [-0.4, -0.2) is 16.6 Å². The Bertz CT molecular complexity index is 1610. The average Bonchev–Trinajstić information content (AvgIpc) is 3.12. The summed E-state index contributed by atoms with van der Waals surface area (Å²) in [4.78, 5) is 2.31. The van der Waals surface area contributed by atoms with E-state index in [-0.39, 0.29) is 0 Å². The molecular weight excluding hydrogens is 566 g/mol. The molecule has 0 aliphatic carbocycles. The summed E-state index contributed by atoms with van der Waals surface area (Å²) in [6.07, 6.45) is 0. The van der Waals surface area contributed by atoms with Gasteiger partial charge < -0.3 is 14.6 Å². The Morgan fingerprint density at radius 3 is 1.09 bits per heavy atom. The number of nitrogens with zero attached hydrogens (tertiary/aromatic N) is 1. The minimum Gasteiger partial charge on any atom is -0.489 e. The lowest BCUT2D eigenvalue weighted by Crippen LogP contribution is -2.41. The first-order valence-corrected chi connectivity index (χ1v) is 15.7. The lowest BCUT2D eigenvalue weighted by atomic mass is 9.85. The van der Waals surface area contributed by atoms with Crippen LogP contribution in [0, 0.1) is 0 Å². The summed E-state index contributed by atoms with van der Waals surface area (Å²) in [5, 5.41) is 12.8. The molecule has 0 saturated carbocycles. The fraction of sp³-hybridized carbons (Fsp3) is 0.143. The molecule has 0 spiro atoms. The van der Waals surface area contributed by atoms with Crippen LogP contribution in [0.3, 0.4) is 0 Å². The van der Waals surface area contributed by atoms with E-state index in [2.05, 4.69) is 77.7 Å². The van der Waals surface area contributed by atoms with Crippen molar-refractivity contribution < 1.29 is 14.6 Å². The summed E-state index contributed by atoms with van der Waals surface area (Å²) in [6.45, 7) is 2.72. The van der Waals surface area contributed by atoms with Crippen molar-refractivity contribution in [2.75, 3.05) is 6.54 Å². The molecule has 0 amide bonds. The van der Waals surface area contributed by atoms with E-state index in [0.29, 0.717) is 32.8 Å². The highest BCUT2D eigenvalue weighted by Crippen LogP contribution is 2.34. The molecular formula is C42H39NO3. The first-order valence-electron chi connectivity index (χ1n) is 15.7. The van der Waals surface area contributed by atoms with E-state index in [9.17, 15) is 5.11 Å². The molecule has 0 saturated heterocycles. The van der Waals surface area contributed by atoms with Gasteiger partial charge in [0.2, 0.25) is 0 Å². The summed E-state index contributed by atoms with van der Waals surface area (Å²) in [5.41, 5.74) is 4.88. The third-order valence-corrected chi connectivity index (χ3v) is 8.11. The molecule has 46 heavy (non-hydrogen) atoms. The molecule has 0 radical (unpaired) electrons. The quantitative estimate of drug-likeness (QED) is 0.135. The third-order valence-electron chi connectivity index (χ3n) is 8.11. The minimum atomic E-state index is -1.31. The van der Waals surface area contributed by atoms with Crippen LogP contribution >= 0.6 is 0 Å². The number of benzene rings is 6. The number of hydrogen-bond acceptors (Lipinski definition) is 4. The average molecular weight is 606 g/mol. The van der Waals surface area contributed by atoms with Crippen LogP contribution < -0.4 is 9.47 Å². The second-order valence-electron chi connectivity index (χ2n) is 11.6. The van der Waals surface area contributed by atoms with Crippen LogP contribution in [0.1, 0.15) is 33.4 Å². The summed E-state index contributed by atoms with van der Waals surface area (Å²) in [7, 11) is 0. The van der Waals surface area contributed by atoms with E-state index in [1.54, 1.807) is 0 Å². The van der Waals surface area contributed by atoms with Crippen molar-refractivity contribution in [2.45, 2.75) is 31.9 Å². The van der Waals surface area contributed by atoms with E-state index >= 15 is 0 Å². The molecule has 0 heterocycles. The Balaban J connectivity index is 1.28. The largest absolute Gasteiger partial charge is 0.489 e. The second-order valence-corrected chi connectivity index (χ2v) is 11.6. The molecule has 1 N–H and O–H groups in total. The Labute approximate surface area is 272 Å². The summed E-state index contributed by atoms with van der Waals surface area (Å²) in [6, 6.07) is 56.8. The maximum Gasteiger partial charge on any atom is 0.127 e. The van der Waals surface area contributed by atoms with Crippen molar-refractivity contribution in [3.63, 3.8) is 0 Å². The van der Waals surface area contributed by atoms with Crippen molar-refractivity contribution in [3.8, 4) is 11.5 Å². The summed E-state index contributed by atoms with van der Waals surface area (Å²) in [5.74, 6) is 1.51. The zero-order valence-corrected chi connectivity index (χ0v) is 25.9. The second kappa shape index (κ2) is 15.2. The zero-order chi connectivity index (χ0) is 31.4. The normalized spacial score (nSPS) is 11.3. The molecule has 6 rings (SSSR count). The molecule has 4 heteroatoms. The van der Waals surface area contributed by atoms with Crippen LogP contribution in [0.25, 0.3) is 0 Å². The van der Waals surface area contributed by atoms with Crippen molar-refractivity contribution in [1.29, 1.82) is 0 Å². The van der Waals surface area contributed by atoms with Gasteiger partial charge in [0, 0.05) is 19.6 Å². The van der Waals surface area contributed by atoms with Crippen molar-refractivity contribution >= 4 is 0 Å². The van der Waals surface area contributed by atoms with Gasteiger partial charge in [-0.15, -0.1) is 0 Å². The molecule has 0 aliphatic heterocycles. The van der Waals surface area contributed by atoms with Gasteiger partial charge in [-0.2, -0.15) is 0 Å². The van der Waals surface area contributed by atoms with E-state index in [4.69, 9.17) is 9.47 Å². The molecule has 230 valence electrons. The highest BCUT2D eigenvalue weighted by Gasteiger charge is 2.34. The zero-order valence-electron chi connectivity index (χ0n) is 25.9. The fourth-order valence-corrected chi connectivity index (χ4v) is 5.66. The highest BCUT2D eigenvalue weighted by molar-refractivity contribution is 5.42. The van der Waals surface area contributed by atoms with E-state index in [1.165, 1.54) is 11.1 Å². The Kier molecular flexibility index (Phi) is 10.2. The van der Waals surface area contributed by atoms with Crippen molar-refractivity contribution in [2.24, 2.45) is 0 Å². The topological polar surface area (TPSA) is 41.9 Å². The van der Waals surface area contributed by atoms with Gasteiger partial charge in [0.1, 0.15) is 30.3 Å². The molecule has 0 bridgehead atoms. The Morgan fingerprint density at radius 1 is 0.413 bits per heavy atom. The van der Waals surface area contributed by atoms with Crippen molar-refractivity contribution in [3.05, 3.63) is 203 Å². The summed E-state index contributed by atoms with van der Waals surface area (Å²) >= 11 is 0. The minimum absolute atomic E-state index is 0.380. The summed E-state index contributed by atoms with van der Waals surface area (Å²) < 4.78 is 12.2. The third kappa shape index (κ3) is 8.30. The molecule has 4 nitrogen and oxygen atoms in total. The SMILES string of the molecule is OC(CN(Cc1ccccc1)Cc1ccccc1)(c1ccc(OCc2ccccc2)cc1)c1ccc(OCc2ccccc2)cc1. The van der Waals surface area contributed by atoms with Gasteiger partial charge in [-0.3, -0.25) is 4.90 Å². The van der Waals surface area contributed by atoms with E-state index in [1.807, 2.05) is 97.1 Å². The molecule has 6 aromatic carbocycles. The van der Waals surface area contributed by atoms with E-state index in [0.717, 1.165) is 33.8 Å². The van der Waals surface area contributed by atoms with Crippen LogP contribution in [0.2, 0.25) is 0 Å². The van der Waals surface area contributed by atoms with Gasteiger partial charge in [0.25, 0.3) is 0 Å². The van der Waals surface area contributed by atoms with Gasteiger partial charge >= 0.3 is 0 Å². The standard InChI is InChI=1S/C42H39NO3/c44-42(38-21-25-40(26-22-38)45-31-36-17-9-3-10-18-36,39-23-27-41(28-24-39)46-32-37-19-11-4-12-20-37)33-43(29-34-13-5-1-6-14-34)30-35-15-7-2-8-16-35/h1-28,44H,29-33H2. The number of ether oxygens (including phenoxy) is 2. The van der Waals surface area contributed by atoms with E-state index < -0.39 is 5.60 Å². The van der Waals surface area contributed by atoms with Crippen molar-refractivity contribution in [1.82, 2.24) is 4.90 Å². The first-order chi connectivity index (χ1) is 22.6. The predicted octanol–water partition coefficient (Wildman–Crippen LogP) is 8.78. The van der Waals surface area contributed by atoms with Gasteiger partial charge in [-0.25, -0.2) is 0 Å². The maximum atomic E-state index is 12.8. The maximum absolute atomic E-state index is 12.8. The van der Waals surface area contributed by atoms with Crippen LogP contribution in [0.15, 0.2) is 170 Å². The Hall–Kier alpha value is -5.16. The predicted molar refractivity (Wildman–Crippen MR) is 184 cm³/mol. The monoisotopic (exact) mass is 605 g/mol. The smallest absolute Gasteiger partial charge is 0.127 e. The van der Waals surface area contributed by atoms with Gasteiger partial charge in [-0.05, 0) is 57.6 Å². The fourth-order valence-electron chi connectivity index (χ4n) is 5.66. The first kappa shape index (κ1) is 30.8. The number of aliphatic hydroxyl groups is 1. The van der Waals surface area contributed by atoms with Crippen LogP contribution in [-0.2, 0) is 31.9 Å². The lowest BCUT2D eigenvalue weighted by Gasteiger charge is -2.36. The molecule has 0 aliphatic rings. The molecule has 6 aromatic rings. The molecule has 0 unspecified atom stereocenters.